The average molecular weight is 264 g/mol. The third-order valence-corrected chi connectivity index (χ3v) is 3.48. The highest BCUT2D eigenvalue weighted by atomic mass is 16.4. The lowest BCUT2D eigenvalue weighted by Crippen LogP contribution is -2.07. The van der Waals surface area contributed by atoms with Crippen LogP contribution in [-0.4, -0.2) is 16.9 Å². The van der Waals surface area contributed by atoms with Crippen LogP contribution in [0.3, 0.4) is 0 Å². The monoisotopic (exact) mass is 264 g/mol. The zero-order valence-corrected chi connectivity index (χ0v) is 10.9. The van der Waals surface area contributed by atoms with Crippen molar-refractivity contribution in [1.29, 1.82) is 0 Å². The summed E-state index contributed by atoms with van der Waals surface area (Å²) in [5.74, 6) is -1.31. The SMILES string of the molecule is CC(=O)c1ccc2cc3ccccc3cc2c1C(=O)O. The summed E-state index contributed by atoms with van der Waals surface area (Å²) >= 11 is 0. The topological polar surface area (TPSA) is 54.4 Å². The molecule has 20 heavy (non-hydrogen) atoms. The molecule has 3 aromatic rings. The van der Waals surface area contributed by atoms with Crippen LogP contribution in [0, 0.1) is 0 Å². The molecule has 0 radical (unpaired) electrons. The second-order valence-corrected chi connectivity index (χ2v) is 4.77. The van der Waals surface area contributed by atoms with Gasteiger partial charge >= 0.3 is 5.97 Å². The molecule has 0 saturated carbocycles. The van der Waals surface area contributed by atoms with Crippen molar-refractivity contribution in [2.75, 3.05) is 0 Å². The molecule has 0 fully saturated rings. The molecule has 0 aliphatic heterocycles. The highest BCUT2D eigenvalue weighted by molar-refractivity contribution is 6.15. The molecule has 0 saturated heterocycles. The molecule has 3 aromatic carbocycles. The number of fused-ring (bicyclic) bond motifs is 2. The van der Waals surface area contributed by atoms with E-state index < -0.39 is 5.97 Å². The number of rotatable bonds is 2. The molecule has 0 unspecified atom stereocenters. The van der Waals surface area contributed by atoms with E-state index in [0.717, 1.165) is 16.2 Å². The minimum Gasteiger partial charge on any atom is -0.478 e. The van der Waals surface area contributed by atoms with Gasteiger partial charge in [-0.1, -0.05) is 30.3 Å². The van der Waals surface area contributed by atoms with Crippen molar-refractivity contribution in [3.05, 3.63) is 59.7 Å². The summed E-state index contributed by atoms with van der Waals surface area (Å²) in [5.41, 5.74) is 0.334. The predicted molar refractivity (Wildman–Crippen MR) is 78.4 cm³/mol. The van der Waals surface area contributed by atoms with Crippen molar-refractivity contribution >= 4 is 33.3 Å². The first-order valence-electron chi connectivity index (χ1n) is 6.27. The molecular weight excluding hydrogens is 252 g/mol. The molecule has 0 atom stereocenters. The summed E-state index contributed by atoms with van der Waals surface area (Å²) in [4.78, 5) is 23.1. The minimum atomic E-state index is -1.07. The number of ketones is 1. The summed E-state index contributed by atoms with van der Waals surface area (Å²) in [7, 11) is 0. The standard InChI is InChI=1S/C17H12O3/c1-10(18)14-7-6-13-8-11-4-2-3-5-12(11)9-15(13)16(14)17(19)20/h2-9H,1H3,(H,19,20). The van der Waals surface area contributed by atoms with Gasteiger partial charge in [0.05, 0.1) is 5.56 Å². The summed E-state index contributed by atoms with van der Waals surface area (Å²) in [6.07, 6.45) is 0. The van der Waals surface area contributed by atoms with Gasteiger partial charge in [-0.2, -0.15) is 0 Å². The Labute approximate surface area is 115 Å². The van der Waals surface area contributed by atoms with Gasteiger partial charge in [-0.3, -0.25) is 4.79 Å². The van der Waals surface area contributed by atoms with E-state index in [1.807, 2.05) is 36.4 Å². The highest BCUT2D eigenvalue weighted by Crippen LogP contribution is 2.28. The quantitative estimate of drug-likeness (QED) is 0.564. The Kier molecular flexibility index (Phi) is 2.75. The van der Waals surface area contributed by atoms with Gasteiger partial charge in [-0.25, -0.2) is 4.79 Å². The number of carboxylic acid groups (broad SMARTS) is 1. The van der Waals surface area contributed by atoms with Crippen molar-refractivity contribution in [2.45, 2.75) is 6.92 Å². The van der Waals surface area contributed by atoms with Crippen LogP contribution in [0.5, 0.6) is 0 Å². The van der Waals surface area contributed by atoms with Crippen LogP contribution in [0.15, 0.2) is 48.5 Å². The van der Waals surface area contributed by atoms with Gasteiger partial charge in [0, 0.05) is 5.56 Å². The van der Waals surface area contributed by atoms with Crippen LogP contribution in [0.4, 0.5) is 0 Å². The number of carboxylic acids is 1. The Hall–Kier alpha value is -2.68. The van der Waals surface area contributed by atoms with Gasteiger partial charge in [-0.05, 0) is 46.7 Å². The van der Waals surface area contributed by atoms with Gasteiger partial charge in [-0.15, -0.1) is 0 Å². The largest absolute Gasteiger partial charge is 0.478 e. The van der Waals surface area contributed by atoms with Crippen molar-refractivity contribution in [1.82, 2.24) is 0 Å². The Morgan fingerprint density at radius 1 is 0.900 bits per heavy atom. The summed E-state index contributed by atoms with van der Waals surface area (Å²) < 4.78 is 0. The molecule has 1 N–H and O–H groups in total. The van der Waals surface area contributed by atoms with Gasteiger partial charge in [0.15, 0.2) is 5.78 Å². The Morgan fingerprint density at radius 3 is 2.15 bits per heavy atom. The molecule has 3 nitrogen and oxygen atoms in total. The highest BCUT2D eigenvalue weighted by Gasteiger charge is 2.17. The third kappa shape index (κ3) is 1.84. The first kappa shape index (κ1) is 12.4. The summed E-state index contributed by atoms with van der Waals surface area (Å²) in [6.45, 7) is 1.38. The third-order valence-electron chi connectivity index (χ3n) is 3.48. The number of Topliss-reactive ketones (excluding diaryl/α,β-unsaturated/α-hetero) is 1. The van der Waals surface area contributed by atoms with Gasteiger partial charge < -0.3 is 5.11 Å². The van der Waals surface area contributed by atoms with E-state index in [2.05, 4.69) is 0 Å². The fraction of sp³-hybridized carbons (Fsp3) is 0.0588. The normalized spacial score (nSPS) is 10.8. The van der Waals surface area contributed by atoms with Crippen molar-refractivity contribution in [3.63, 3.8) is 0 Å². The second kappa shape index (κ2) is 4.46. The first-order valence-corrected chi connectivity index (χ1v) is 6.27. The Bertz CT molecular complexity index is 863. The molecule has 0 amide bonds. The van der Waals surface area contributed by atoms with E-state index in [4.69, 9.17) is 0 Å². The molecule has 3 heteroatoms. The van der Waals surface area contributed by atoms with Gasteiger partial charge in [0.2, 0.25) is 0 Å². The van der Waals surface area contributed by atoms with Crippen molar-refractivity contribution in [2.24, 2.45) is 0 Å². The zero-order valence-electron chi connectivity index (χ0n) is 10.9. The molecule has 0 bridgehead atoms. The molecule has 0 spiro atoms. The Morgan fingerprint density at radius 2 is 1.55 bits per heavy atom. The lowest BCUT2D eigenvalue weighted by Gasteiger charge is -2.09. The maximum Gasteiger partial charge on any atom is 0.337 e. The summed E-state index contributed by atoms with van der Waals surface area (Å²) in [5, 5.41) is 12.9. The Balaban J connectivity index is 2.49. The fourth-order valence-corrected chi connectivity index (χ4v) is 2.54. The zero-order chi connectivity index (χ0) is 14.3. The average Bonchev–Trinajstić information content (AvgIpc) is 2.43. The number of aromatic carboxylic acids is 1. The maximum absolute atomic E-state index is 11.6. The van der Waals surface area contributed by atoms with Crippen molar-refractivity contribution in [3.8, 4) is 0 Å². The van der Waals surface area contributed by atoms with Crippen molar-refractivity contribution < 1.29 is 14.7 Å². The smallest absolute Gasteiger partial charge is 0.337 e. The van der Waals surface area contributed by atoms with E-state index in [-0.39, 0.29) is 16.9 Å². The van der Waals surface area contributed by atoms with Crippen LogP contribution < -0.4 is 0 Å². The van der Waals surface area contributed by atoms with Gasteiger partial charge in [0.1, 0.15) is 0 Å². The van der Waals surface area contributed by atoms with Crippen LogP contribution in [0.2, 0.25) is 0 Å². The van der Waals surface area contributed by atoms with E-state index in [0.29, 0.717) is 5.39 Å². The predicted octanol–water partition coefficient (Wildman–Crippen LogP) is 3.89. The minimum absolute atomic E-state index is 0.0840. The van der Waals surface area contributed by atoms with Crippen LogP contribution in [0.1, 0.15) is 27.6 Å². The molecule has 0 heterocycles. The molecule has 3 rings (SSSR count). The number of carbonyl (C=O) groups is 2. The lowest BCUT2D eigenvalue weighted by molar-refractivity contribution is 0.0694. The number of hydrogen-bond donors (Lipinski definition) is 1. The van der Waals surface area contributed by atoms with E-state index in [9.17, 15) is 14.7 Å². The number of hydrogen-bond acceptors (Lipinski definition) is 2. The molecule has 0 aliphatic carbocycles. The summed E-state index contributed by atoms with van der Waals surface area (Å²) in [6, 6.07) is 14.9. The van der Waals surface area contributed by atoms with Crippen LogP contribution in [-0.2, 0) is 0 Å². The van der Waals surface area contributed by atoms with E-state index >= 15 is 0 Å². The van der Waals surface area contributed by atoms with E-state index in [1.54, 1.807) is 12.1 Å². The van der Waals surface area contributed by atoms with E-state index in [1.165, 1.54) is 6.92 Å². The maximum atomic E-state index is 11.6. The molecule has 98 valence electrons. The number of carbonyl (C=O) groups excluding carboxylic acids is 1. The van der Waals surface area contributed by atoms with Gasteiger partial charge in [0.25, 0.3) is 0 Å². The first-order chi connectivity index (χ1) is 9.58. The van der Waals surface area contributed by atoms with Crippen LogP contribution >= 0.6 is 0 Å². The molecular formula is C17H12O3. The number of benzene rings is 3. The van der Waals surface area contributed by atoms with Crippen LogP contribution in [0.25, 0.3) is 21.5 Å². The molecule has 0 aliphatic rings. The molecule has 0 aromatic heterocycles. The second-order valence-electron chi connectivity index (χ2n) is 4.77. The fourth-order valence-electron chi connectivity index (χ4n) is 2.54. The lowest BCUT2D eigenvalue weighted by atomic mass is 9.94.